The molecule has 2 rings (SSSR count). The number of aromatic nitrogens is 2. The fourth-order valence-corrected chi connectivity index (χ4v) is 1.85. The Hall–Kier alpha value is -2.50. The van der Waals surface area contributed by atoms with E-state index in [2.05, 4.69) is 20.0 Å². The Morgan fingerprint density at radius 1 is 1.40 bits per heavy atom. The molecule has 20 heavy (non-hydrogen) atoms. The molecule has 2 aromatic rings. The third-order valence-electron chi connectivity index (χ3n) is 2.83. The van der Waals surface area contributed by atoms with Crippen LogP contribution in [0.15, 0.2) is 30.5 Å². The van der Waals surface area contributed by atoms with Gasteiger partial charge in [0, 0.05) is 26.0 Å². The van der Waals surface area contributed by atoms with Gasteiger partial charge in [0.15, 0.2) is 5.82 Å². The normalized spacial score (nSPS) is 10.2. The summed E-state index contributed by atoms with van der Waals surface area (Å²) in [5.74, 6) is 0.499. The Kier molecular flexibility index (Phi) is 4.24. The number of hydrogen-bond acceptors (Lipinski definition) is 5. The summed E-state index contributed by atoms with van der Waals surface area (Å²) in [6.07, 6.45) is 1.75. The maximum absolute atomic E-state index is 11.4. The first kappa shape index (κ1) is 13.9. The van der Waals surface area contributed by atoms with Gasteiger partial charge in [-0.1, -0.05) is 0 Å². The molecule has 0 aromatic carbocycles. The van der Waals surface area contributed by atoms with Crippen molar-refractivity contribution in [1.29, 1.82) is 0 Å². The van der Waals surface area contributed by atoms with E-state index in [4.69, 9.17) is 0 Å². The number of esters is 1. The summed E-state index contributed by atoms with van der Waals surface area (Å²) in [4.78, 5) is 20.6. The summed E-state index contributed by atoms with van der Waals surface area (Å²) in [6.45, 7) is 0.573. The maximum Gasteiger partial charge on any atom is 0.354 e. The van der Waals surface area contributed by atoms with E-state index >= 15 is 0 Å². The van der Waals surface area contributed by atoms with Gasteiger partial charge >= 0.3 is 5.97 Å². The van der Waals surface area contributed by atoms with Crippen molar-refractivity contribution in [3.63, 3.8) is 0 Å². The second-order valence-electron chi connectivity index (χ2n) is 4.51. The predicted octanol–water partition coefficient (Wildman–Crippen LogP) is 1.87. The van der Waals surface area contributed by atoms with E-state index in [1.807, 2.05) is 37.2 Å². The highest BCUT2D eigenvalue weighted by Gasteiger charge is 2.09. The van der Waals surface area contributed by atoms with Crippen molar-refractivity contribution in [2.75, 3.05) is 31.4 Å². The minimum absolute atomic E-state index is 0.369. The fraction of sp³-hybridized carbons (Fsp3) is 0.286. The van der Waals surface area contributed by atoms with Crippen LogP contribution in [0.25, 0.3) is 0 Å². The Morgan fingerprint density at radius 2 is 2.20 bits per heavy atom. The van der Waals surface area contributed by atoms with E-state index < -0.39 is 0 Å². The lowest BCUT2D eigenvalue weighted by Gasteiger charge is -2.16. The lowest BCUT2D eigenvalue weighted by atomic mass is 10.3. The average Bonchev–Trinajstić information content (AvgIpc) is 2.93. The van der Waals surface area contributed by atoms with Crippen molar-refractivity contribution in [2.24, 2.45) is 0 Å². The van der Waals surface area contributed by atoms with Gasteiger partial charge in [0.2, 0.25) is 0 Å². The molecule has 2 heterocycles. The van der Waals surface area contributed by atoms with Crippen molar-refractivity contribution in [2.45, 2.75) is 6.54 Å². The molecule has 0 unspecified atom stereocenters. The number of rotatable bonds is 5. The van der Waals surface area contributed by atoms with Gasteiger partial charge in [-0.3, -0.25) is 0 Å². The van der Waals surface area contributed by atoms with Crippen LogP contribution in [-0.4, -0.2) is 37.1 Å². The molecule has 0 aliphatic rings. The van der Waals surface area contributed by atoms with E-state index in [0.29, 0.717) is 12.2 Å². The molecule has 106 valence electrons. The number of aromatic amines is 1. The number of methoxy groups -OCH3 is 1. The zero-order chi connectivity index (χ0) is 14.5. The standard InChI is InChI=1S/C14H18N4O2/c1-18(2)13-11(5-4-8-15-13)16-9-10-6-7-12(17-10)14(19)20-3/h4-8,16-17H,9H2,1-3H3. The first-order valence-corrected chi connectivity index (χ1v) is 6.24. The highest BCUT2D eigenvalue weighted by molar-refractivity contribution is 5.87. The van der Waals surface area contributed by atoms with Gasteiger partial charge in [0.1, 0.15) is 5.69 Å². The molecule has 2 N–H and O–H groups in total. The molecule has 6 nitrogen and oxygen atoms in total. The molecule has 0 fully saturated rings. The van der Waals surface area contributed by atoms with Crippen LogP contribution in [0, 0.1) is 0 Å². The van der Waals surface area contributed by atoms with Crippen LogP contribution in [0.1, 0.15) is 16.2 Å². The lowest BCUT2D eigenvalue weighted by molar-refractivity contribution is 0.0594. The van der Waals surface area contributed by atoms with Gasteiger partial charge in [-0.25, -0.2) is 9.78 Å². The molecular weight excluding hydrogens is 256 g/mol. The molecular formula is C14H18N4O2. The monoisotopic (exact) mass is 274 g/mol. The van der Waals surface area contributed by atoms with Crippen molar-refractivity contribution >= 4 is 17.5 Å². The highest BCUT2D eigenvalue weighted by Crippen LogP contribution is 2.20. The molecule has 0 spiro atoms. The van der Waals surface area contributed by atoms with Crippen LogP contribution in [0.3, 0.4) is 0 Å². The Morgan fingerprint density at radius 3 is 2.90 bits per heavy atom. The van der Waals surface area contributed by atoms with Crippen LogP contribution < -0.4 is 10.2 Å². The van der Waals surface area contributed by atoms with Gasteiger partial charge in [-0.2, -0.15) is 0 Å². The lowest BCUT2D eigenvalue weighted by Crippen LogP contribution is -2.14. The number of carbonyl (C=O) groups excluding carboxylic acids is 1. The number of pyridine rings is 1. The van der Waals surface area contributed by atoms with Crippen LogP contribution in [0.2, 0.25) is 0 Å². The third kappa shape index (κ3) is 3.09. The van der Waals surface area contributed by atoms with Crippen LogP contribution in [0.5, 0.6) is 0 Å². The number of nitrogens with zero attached hydrogens (tertiary/aromatic N) is 2. The minimum Gasteiger partial charge on any atom is -0.464 e. The molecule has 0 atom stereocenters. The molecule has 0 aliphatic heterocycles. The molecule has 0 amide bonds. The van der Waals surface area contributed by atoms with Gasteiger partial charge in [0.25, 0.3) is 0 Å². The Balaban J connectivity index is 2.06. The quantitative estimate of drug-likeness (QED) is 0.815. The molecule has 0 bridgehead atoms. The number of ether oxygens (including phenoxy) is 1. The van der Waals surface area contributed by atoms with E-state index in [1.54, 1.807) is 12.3 Å². The van der Waals surface area contributed by atoms with Crippen molar-refractivity contribution in [3.8, 4) is 0 Å². The Labute approximate surface area is 117 Å². The molecule has 0 radical (unpaired) electrons. The summed E-state index contributed by atoms with van der Waals surface area (Å²) in [7, 11) is 5.25. The summed E-state index contributed by atoms with van der Waals surface area (Å²) in [5, 5.41) is 3.29. The van der Waals surface area contributed by atoms with Gasteiger partial charge < -0.3 is 19.9 Å². The van der Waals surface area contributed by atoms with Crippen molar-refractivity contribution in [3.05, 3.63) is 41.9 Å². The number of nitrogens with one attached hydrogen (secondary N) is 2. The number of H-pyrrole nitrogens is 1. The second kappa shape index (κ2) is 6.10. The zero-order valence-corrected chi connectivity index (χ0v) is 11.8. The number of anilines is 2. The molecule has 0 saturated heterocycles. The summed E-state index contributed by atoms with van der Waals surface area (Å²) >= 11 is 0. The molecule has 0 aliphatic carbocycles. The molecule has 6 heteroatoms. The van der Waals surface area contributed by atoms with Gasteiger partial charge in [-0.05, 0) is 24.3 Å². The third-order valence-corrected chi connectivity index (χ3v) is 2.83. The van der Waals surface area contributed by atoms with Crippen LogP contribution >= 0.6 is 0 Å². The molecule has 0 saturated carbocycles. The van der Waals surface area contributed by atoms with Crippen LogP contribution in [0.4, 0.5) is 11.5 Å². The average molecular weight is 274 g/mol. The topological polar surface area (TPSA) is 70.2 Å². The van der Waals surface area contributed by atoms with Gasteiger partial charge in [0.05, 0.1) is 19.3 Å². The van der Waals surface area contributed by atoms with E-state index in [1.165, 1.54) is 7.11 Å². The largest absolute Gasteiger partial charge is 0.464 e. The summed E-state index contributed by atoms with van der Waals surface area (Å²) in [5.41, 5.74) is 2.29. The smallest absolute Gasteiger partial charge is 0.354 e. The first-order valence-electron chi connectivity index (χ1n) is 6.24. The first-order chi connectivity index (χ1) is 9.61. The minimum atomic E-state index is -0.369. The maximum atomic E-state index is 11.4. The van der Waals surface area contributed by atoms with Crippen molar-refractivity contribution < 1.29 is 9.53 Å². The summed E-state index contributed by atoms with van der Waals surface area (Å²) in [6, 6.07) is 7.40. The Bertz CT molecular complexity index is 592. The molecule has 2 aromatic heterocycles. The van der Waals surface area contributed by atoms with Crippen molar-refractivity contribution in [1.82, 2.24) is 9.97 Å². The SMILES string of the molecule is COC(=O)c1ccc(CNc2cccnc2N(C)C)[nH]1. The van der Waals surface area contributed by atoms with E-state index in [0.717, 1.165) is 17.2 Å². The zero-order valence-electron chi connectivity index (χ0n) is 11.8. The predicted molar refractivity (Wildman–Crippen MR) is 78.0 cm³/mol. The second-order valence-corrected chi connectivity index (χ2v) is 4.51. The highest BCUT2D eigenvalue weighted by atomic mass is 16.5. The van der Waals surface area contributed by atoms with Crippen LogP contribution in [-0.2, 0) is 11.3 Å². The summed E-state index contributed by atoms with van der Waals surface area (Å²) < 4.78 is 4.66. The van der Waals surface area contributed by atoms with E-state index in [9.17, 15) is 4.79 Å². The van der Waals surface area contributed by atoms with E-state index in [-0.39, 0.29) is 5.97 Å². The fourth-order valence-electron chi connectivity index (χ4n) is 1.85. The van der Waals surface area contributed by atoms with Gasteiger partial charge in [-0.15, -0.1) is 0 Å². The number of carbonyl (C=O) groups is 1. The number of hydrogen-bond donors (Lipinski definition) is 2.